The van der Waals surface area contributed by atoms with E-state index in [0.29, 0.717) is 6.07 Å². The summed E-state index contributed by atoms with van der Waals surface area (Å²) in [5.74, 6) is -4.06. The number of carbonyl (C=O) groups is 1. The van der Waals surface area contributed by atoms with Crippen LogP contribution in [0, 0.1) is 17.5 Å². The van der Waals surface area contributed by atoms with Gasteiger partial charge in [-0.25, -0.2) is 21.6 Å². The predicted molar refractivity (Wildman–Crippen MR) is 110 cm³/mol. The van der Waals surface area contributed by atoms with E-state index in [4.69, 9.17) is 0 Å². The van der Waals surface area contributed by atoms with Gasteiger partial charge in [0.15, 0.2) is 15.6 Å². The van der Waals surface area contributed by atoms with E-state index in [2.05, 4.69) is 0 Å². The van der Waals surface area contributed by atoms with Gasteiger partial charge in [0.05, 0.1) is 5.75 Å². The van der Waals surface area contributed by atoms with Crippen molar-refractivity contribution in [2.45, 2.75) is 12.7 Å². The lowest BCUT2D eigenvalue weighted by molar-refractivity contribution is 0.103. The minimum Gasteiger partial charge on any atom is -0.318 e. The van der Waals surface area contributed by atoms with Crippen molar-refractivity contribution in [2.75, 3.05) is 5.75 Å². The van der Waals surface area contributed by atoms with Crippen molar-refractivity contribution >= 4 is 15.6 Å². The van der Waals surface area contributed by atoms with Gasteiger partial charge in [-0.3, -0.25) is 9.59 Å². The number of ketones is 1. The Bertz CT molecular complexity index is 1330. The summed E-state index contributed by atoms with van der Waals surface area (Å²) in [6, 6.07) is 7.16. The van der Waals surface area contributed by atoms with Gasteiger partial charge in [-0.2, -0.15) is 0 Å². The number of hydrogen-bond acceptors (Lipinski definition) is 4. The topological polar surface area (TPSA) is 73.2 Å². The highest BCUT2D eigenvalue weighted by atomic mass is 32.2. The predicted octanol–water partition coefficient (Wildman–Crippen LogP) is 3.64. The van der Waals surface area contributed by atoms with Gasteiger partial charge in [0.25, 0.3) is 5.56 Å². The second-order valence-electron chi connectivity index (χ2n) is 6.99. The van der Waals surface area contributed by atoms with E-state index >= 15 is 0 Å². The molecule has 0 N–H and O–H groups in total. The van der Waals surface area contributed by atoms with Crippen LogP contribution < -0.4 is 5.56 Å². The molecule has 1 aromatic heterocycles. The molecule has 0 unspecified atom stereocenters. The first-order valence-corrected chi connectivity index (χ1v) is 11.0. The zero-order chi connectivity index (χ0) is 22.9. The third-order valence-electron chi connectivity index (χ3n) is 4.82. The summed E-state index contributed by atoms with van der Waals surface area (Å²) in [6.07, 6.45) is 1.14. The second-order valence-corrected chi connectivity index (χ2v) is 9.34. The lowest BCUT2D eigenvalue weighted by Gasteiger charge is -2.14. The third-order valence-corrected chi connectivity index (χ3v) is 6.45. The van der Waals surface area contributed by atoms with Gasteiger partial charge in [-0.15, -0.1) is 0 Å². The number of rotatable bonds is 6. The molecule has 0 amide bonds. The number of sulfone groups is 1. The fourth-order valence-electron chi connectivity index (χ4n) is 3.04. The average Bonchev–Trinajstić information content (AvgIpc) is 2.72. The Morgan fingerprint density at radius 3 is 2.23 bits per heavy atom. The molecule has 162 valence electrons. The third kappa shape index (κ3) is 4.77. The van der Waals surface area contributed by atoms with Crippen molar-refractivity contribution in [3.63, 3.8) is 0 Å². The summed E-state index contributed by atoms with van der Waals surface area (Å²) in [7, 11) is -2.25. The monoisotopic (exact) mass is 449 g/mol. The van der Waals surface area contributed by atoms with Crippen LogP contribution in [-0.2, 0) is 22.6 Å². The molecule has 0 aliphatic carbocycles. The largest absolute Gasteiger partial charge is 0.318 e. The highest BCUT2D eigenvalue weighted by Gasteiger charge is 2.23. The van der Waals surface area contributed by atoms with Crippen LogP contribution in [0.25, 0.3) is 11.1 Å². The number of hydrogen-bond donors (Lipinski definition) is 0. The lowest BCUT2D eigenvalue weighted by atomic mass is 9.92. The van der Waals surface area contributed by atoms with Gasteiger partial charge in [-0.1, -0.05) is 6.92 Å². The van der Waals surface area contributed by atoms with Gasteiger partial charge < -0.3 is 4.57 Å². The SMILES string of the molecule is CCS(=O)(=O)Cc1cc(-c2cn(C)c(=O)cc2F)c(C(=O)c2ccc(F)cc2)cc1F. The van der Waals surface area contributed by atoms with Crippen LogP contribution in [0.4, 0.5) is 13.2 Å². The van der Waals surface area contributed by atoms with Crippen molar-refractivity contribution in [2.24, 2.45) is 7.05 Å². The first-order chi connectivity index (χ1) is 14.5. The van der Waals surface area contributed by atoms with Gasteiger partial charge in [0.2, 0.25) is 0 Å². The molecule has 0 spiro atoms. The van der Waals surface area contributed by atoms with Gasteiger partial charge in [0, 0.05) is 47.3 Å². The molecule has 0 atom stereocenters. The molecule has 9 heteroatoms. The number of nitrogens with zero attached hydrogens (tertiary/aromatic N) is 1. The van der Waals surface area contributed by atoms with Crippen molar-refractivity contribution in [3.8, 4) is 11.1 Å². The molecule has 2 aromatic carbocycles. The lowest BCUT2D eigenvalue weighted by Crippen LogP contribution is -2.17. The van der Waals surface area contributed by atoms with E-state index in [1.165, 1.54) is 26.1 Å². The van der Waals surface area contributed by atoms with Crippen molar-refractivity contribution in [1.82, 2.24) is 4.57 Å². The van der Waals surface area contributed by atoms with E-state index in [1.807, 2.05) is 0 Å². The number of aromatic nitrogens is 1. The number of aryl methyl sites for hydroxylation is 1. The molecule has 0 radical (unpaired) electrons. The zero-order valence-corrected chi connectivity index (χ0v) is 17.5. The first kappa shape index (κ1) is 22.5. The first-order valence-electron chi connectivity index (χ1n) is 9.22. The molecule has 0 bridgehead atoms. The molecule has 0 saturated heterocycles. The fourth-order valence-corrected chi connectivity index (χ4v) is 3.94. The Kier molecular flexibility index (Phi) is 6.17. The summed E-state index contributed by atoms with van der Waals surface area (Å²) in [4.78, 5) is 24.7. The highest BCUT2D eigenvalue weighted by Crippen LogP contribution is 2.31. The normalized spacial score (nSPS) is 11.5. The van der Waals surface area contributed by atoms with Crippen molar-refractivity contribution < 1.29 is 26.4 Å². The summed E-state index contributed by atoms with van der Waals surface area (Å²) in [6.45, 7) is 1.41. The smallest absolute Gasteiger partial charge is 0.253 e. The maximum Gasteiger partial charge on any atom is 0.253 e. The van der Waals surface area contributed by atoms with Gasteiger partial charge >= 0.3 is 0 Å². The molecule has 0 aliphatic heterocycles. The number of carbonyl (C=O) groups excluding carboxylic acids is 1. The second kappa shape index (κ2) is 8.50. The summed E-state index contributed by atoms with van der Waals surface area (Å²) in [5.41, 5.74) is -1.35. The quantitative estimate of drug-likeness (QED) is 0.539. The Hall–Kier alpha value is -3.20. The Labute approximate surface area is 176 Å². The summed E-state index contributed by atoms with van der Waals surface area (Å²) >= 11 is 0. The van der Waals surface area contributed by atoms with E-state index in [-0.39, 0.29) is 33.6 Å². The standard InChI is InChI=1S/C22H18F3NO4S/c1-3-31(29,30)12-14-8-16(18-11-26(2)21(27)10-20(18)25)17(9-19(14)24)22(28)13-4-6-15(23)7-5-13/h4-11H,3,12H2,1-2H3. The fraction of sp³-hybridized carbons (Fsp3) is 0.182. The van der Waals surface area contributed by atoms with E-state index in [0.717, 1.165) is 35.0 Å². The molecule has 0 saturated carbocycles. The highest BCUT2D eigenvalue weighted by molar-refractivity contribution is 7.90. The van der Waals surface area contributed by atoms with Crippen LogP contribution in [0.3, 0.4) is 0 Å². The maximum absolute atomic E-state index is 14.8. The van der Waals surface area contributed by atoms with Crippen LogP contribution in [0.15, 0.2) is 53.5 Å². The molecular weight excluding hydrogens is 431 g/mol. The average molecular weight is 449 g/mol. The molecular formula is C22H18F3NO4S. The maximum atomic E-state index is 14.8. The van der Waals surface area contributed by atoms with E-state index < -0.39 is 44.4 Å². The molecule has 31 heavy (non-hydrogen) atoms. The van der Waals surface area contributed by atoms with Gasteiger partial charge in [-0.05, 0) is 42.0 Å². The zero-order valence-electron chi connectivity index (χ0n) is 16.7. The van der Waals surface area contributed by atoms with Crippen molar-refractivity contribution in [3.05, 3.63) is 93.2 Å². The van der Waals surface area contributed by atoms with Crippen LogP contribution in [-0.4, -0.2) is 24.5 Å². The molecule has 5 nitrogen and oxygen atoms in total. The van der Waals surface area contributed by atoms with Gasteiger partial charge in [0.1, 0.15) is 17.5 Å². The minimum absolute atomic E-state index is 0.0289. The molecule has 1 heterocycles. The minimum atomic E-state index is -3.62. The Morgan fingerprint density at radius 2 is 1.61 bits per heavy atom. The van der Waals surface area contributed by atoms with E-state index in [9.17, 15) is 31.2 Å². The number of halogens is 3. The molecule has 0 aliphatic rings. The molecule has 3 rings (SSSR count). The Morgan fingerprint density at radius 1 is 0.968 bits per heavy atom. The van der Waals surface area contributed by atoms with Crippen molar-refractivity contribution in [1.29, 1.82) is 0 Å². The Balaban J connectivity index is 2.28. The van der Waals surface area contributed by atoms with Crippen LogP contribution in [0.1, 0.15) is 28.4 Å². The molecule has 0 fully saturated rings. The number of benzene rings is 2. The van der Waals surface area contributed by atoms with Crippen LogP contribution >= 0.6 is 0 Å². The van der Waals surface area contributed by atoms with E-state index in [1.54, 1.807) is 0 Å². The number of pyridine rings is 1. The van der Waals surface area contributed by atoms with Crippen LogP contribution in [0.2, 0.25) is 0 Å². The summed E-state index contributed by atoms with van der Waals surface area (Å²) in [5, 5.41) is 0. The van der Waals surface area contributed by atoms with Crippen LogP contribution in [0.5, 0.6) is 0 Å². The molecule has 3 aromatic rings. The summed E-state index contributed by atoms with van der Waals surface area (Å²) < 4.78 is 67.8.